The van der Waals surface area contributed by atoms with Gasteiger partial charge in [-0.3, -0.25) is 9.59 Å². The Morgan fingerprint density at radius 1 is 1.22 bits per heavy atom. The van der Waals surface area contributed by atoms with Gasteiger partial charge in [-0.05, 0) is 31.2 Å². The molecule has 1 aliphatic carbocycles. The summed E-state index contributed by atoms with van der Waals surface area (Å²) in [5.74, 6) is 1.41. The van der Waals surface area contributed by atoms with Gasteiger partial charge in [-0.1, -0.05) is 39.0 Å². The summed E-state index contributed by atoms with van der Waals surface area (Å²) < 4.78 is 5.88. The van der Waals surface area contributed by atoms with E-state index < -0.39 is 0 Å². The van der Waals surface area contributed by atoms with Gasteiger partial charge in [0.1, 0.15) is 11.3 Å². The number of nitrogens with one attached hydrogen (secondary N) is 1. The van der Waals surface area contributed by atoms with Crippen LogP contribution in [0.1, 0.15) is 56.2 Å². The molecule has 1 saturated carbocycles. The number of carbonyl (C=O) groups is 2. The number of benzene rings is 1. The first kappa shape index (κ1) is 18.1. The van der Waals surface area contributed by atoms with Crippen LogP contribution in [0.3, 0.4) is 0 Å². The minimum absolute atomic E-state index is 0.0152. The lowest BCUT2D eigenvalue weighted by Crippen LogP contribution is -2.49. The highest BCUT2D eigenvalue weighted by Crippen LogP contribution is 2.35. The van der Waals surface area contributed by atoms with Crippen LogP contribution in [0.5, 0.6) is 0 Å². The van der Waals surface area contributed by atoms with Crippen LogP contribution in [0.4, 0.5) is 0 Å². The standard InChI is InChI=1S/C22H28N2O3/c1-4-17-19(15-7-5-6-8-18(15)27-17)21(25)23-16-11-12-24(20(16)13(2)3)22(26)14-9-10-14/h5-8,13-14,16,20H,4,9-12H2,1-3H3,(H,23,25)/t16-,20+/m1/s1. The second-order valence-corrected chi connectivity index (χ2v) is 8.16. The maximum Gasteiger partial charge on any atom is 0.255 e. The molecule has 2 amide bonds. The van der Waals surface area contributed by atoms with E-state index in [9.17, 15) is 9.59 Å². The zero-order chi connectivity index (χ0) is 19.1. The van der Waals surface area contributed by atoms with Gasteiger partial charge < -0.3 is 14.6 Å². The van der Waals surface area contributed by atoms with Crippen LogP contribution in [0.25, 0.3) is 11.0 Å². The van der Waals surface area contributed by atoms with Crippen molar-refractivity contribution >= 4 is 22.8 Å². The van der Waals surface area contributed by atoms with Gasteiger partial charge in [0.15, 0.2) is 0 Å². The van der Waals surface area contributed by atoms with Gasteiger partial charge in [0, 0.05) is 24.3 Å². The quantitative estimate of drug-likeness (QED) is 0.874. The molecule has 144 valence electrons. The number of carbonyl (C=O) groups excluding carboxylic acids is 2. The fraction of sp³-hybridized carbons (Fsp3) is 0.545. The Kier molecular flexibility index (Phi) is 4.70. The summed E-state index contributed by atoms with van der Waals surface area (Å²) in [5, 5.41) is 4.09. The number of likely N-dealkylation sites (tertiary alicyclic amines) is 1. The van der Waals surface area contributed by atoms with E-state index in [1.807, 2.05) is 36.1 Å². The molecule has 2 aliphatic rings. The van der Waals surface area contributed by atoms with Crippen LogP contribution >= 0.6 is 0 Å². The number of hydrogen-bond acceptors (Lipinski definition) is 3. The predicted octanol–water partition coefficient (Wildman–Crippen LogP) is 3.76. The first-order valence-electron chi connectivity index (χ1n) is 10.1. The van der Waals surface area contributed by atoms with E-state index in [0.717, 1.165) is 42.5 Å². The Hall–Kier alpha value is -2.30. The summed E-state index contributed by atoms with van der Waals surface area (Å²) in [6, 6.07) is 7.72. The van der Waals surface area contributed by atoms with Crippen LogP contribution in [0, 0.1) is 11.8 Å². The smallest absolute Gasteiger partial charge is 0.255 e. The first-order valence-corrected chi connectivity index (χ1v) is 10.1. The first-order chi connectivity index (χ1) is 13.0. The van der Waals surface area contributed by atoms with Crippen LogP contribution < -0.4 is 5.32 Å². The summed E-state index contributed by atoms with van der Waals surface area (Å²) in [5.41, 5.74) is 1.39. The van der Waals surface area contributed by atoms with Crippen molar-refractivity contribution < 1.29 is 14.0 Å². The minimum atomic E-state index is -0.0897. The third-order valence-corrected chi connectivity index (χ3v) is 5.88. The Balaban J connectivity index is 1.58. The monoisotopic (exact) mass is 368 g/mol. The Morgan fingerprint density at radius 3 is 2.63 bits per heavy atom. The molecule has 1 aromatic heterocycles. The fourth-order valence-corrected chi connectivity index (χ4v) is 4.45. The molecular formula is C22H28N2O3. The highest BCUT2D eigenvalue weighted by atomic mass is 16.3. The molecule has 0 radical (unpaired) electrons. The van der Waals surface area contributed by atoms with E-state index in [1.165, 1.54) is 0 Å². The van der Waals surface area contributed by atoms with Crippen molar-refractivity contribution in [3.8, 4) is 0 Å². The highest BCUT2D eigenvalue weighted by molar-refractivity contribution is 6.07. The average molecular weight is 368 g/mol. The van der Waals surface area contributed by atoms with Crippen LogP contribution in [0.2, 0.25) is 0 Å². The van der Waals surface area contributed by atoms with Crippen molar-refractivity contribution in [1.29, 1.82) is 0 Å². The Morgan fingerprint density at radius 2 is 1.96 bits per heavy atom. The van der Waals surface area contributed by atoms with Crippen molar-refractivity contribution in [2.24, 2.45) is 11.8 Å². The SMILES string of the molecule is CCc1oc2ccccc2c1C(=O)N[C@@H]1CCN(C(=O)C2CC2)[C@H]1C(C)C. The molecule has 2 aromatic rings. The van der Waals surface area contributed by atoms with E-state index in [4.69, 9.17) is 4.42 Å². The van der Waals surface area contributed by atoms with Crippen LogP contribution in [-0.2, 0) is 11.2 Å². The zero-order valence-corrected chi connectivity index (χ0v) is 16.3. The Bertz CT molecular complexity index is 866. The number of rotatable bonds is 5. The lowest BCUT2D eigenvalue weighted by atomic mass is 9.96. The fourth-order valence-electron chi connectivity index (χ4n) is 4.45. The van der Waals surface area contributed by atoms with E-state index in [-0.39, 0.29) is 29.8 Å². The van der Waals surface area contributed by atoms with Gasteiger partial charge in [0.05, 0.1) is 17.6 Å². The number of furan rings is 1. The summed E-state index contributed by atoms with van der Waals surface area (Å²) in [6.45, 7) is 6.99. The van der Waals surface area contributed by atoms with Crippen molar-refractivity contribution in [1.82, 2.24) is 10.2 Å². The molecule has 0 spiro atoms. The summed E-state index contributed by atoms with van der Waals surface area (Å²) >= 11 is 0. The molecule has 5 nitrogen and oxygen atoms in total. The highest BCUT2D eigenvalue weighted by Gasteiger charge is 2.44. The molecule has 0 bridgehead atoms. The molecule has 27 heavy (non-hydrogen) atoms. The number of nitrogens with zero attached hydrogens (tertiary/aromatic N) is 1. The third-order valence-electron chi connectivity index (χ3n) is 5.88. The lowest BCUT2D eigenvalue weighted by molar-refractivity contribution is -0.134. The van der Waals surface area contributed by atoms with Crippen LogP contribution in [-0.4, -0.2) is 35.3 Å². The maximum atomic E-state index is 13.2. The predicted molar refractivity (Wildman–Crippen MR) is 105 cm³/mol. The molecule has 1 aliphatic heterocycles. The molecular weight excluding hydrogens is 340 g/mol. The van der Waals surface area contributed by atoms with Gasteiger partial charge in [0.25, 0.3) is 5.91 Å². The molecule has 1 aromatic carbocycles. The van der Waals surface area contributed by atoms with E-state index >= 15 is 0 Å². The minimum Gasteiger partial charge on any atom is -0.460 e. The number of para-hydroxylation sites is 1. The summed E-state index contributed by atoms with van der Waals surface area (Å²) in [4.78, 5) is 27.8. The average Bonchev–Trinajstić information content (AvgIpc) is 3.30. The zero-order valence-electron chi connectivity index (χ0n) is 16.3. The van der Waals surface area contributed by atoms with Crippen molar-refractivity contribution in [2.45, 2.75) is 58.5 Å². The number of amides is 2. The lowest BCUT2D eigenvalue weighted by Gasteiger charge is -2.32. The summed E-state index contributed by atoms with van der Waals surface area (Å²) in [7, 11) is 0. The van der Waals surface area contributed by atoms with Crippen LogP contribution in [0.15, 0.2) is 28.7 Å². The molecule has 2 fully saturated rings. The van der Waals surface area contributed by atoms with Crippen molar-refractivity contribution in [3.05, 3.63) is 35.6 Å². The van der Waals surface area contributed by atoms with E-state index in [0.29, 0.717) is 17.9 Å². The van der Waals surface area contributed by atoms with Gasteiger partial charge in [-0.2, -0.15) is 0 Å². The van der Waals surface area contributed by atoms with Crippen molar-refractivity contribution in [2.75, 3.05) is 6.54 Å². The van der Waals surface area contributed by atoms with Gasteiger partial charge in [-0.25, -0.2) is 0 Å². The van der Waals surface area contributed by atoms with E-state index in [1.54, 1.807) is 0 Å². The molecule has 2 heterocycles. The van der Waals surface area contributed by atoms with E-state index in [2.05, 4.69) is 19.2 Å². The Labute approximate surface area is 160 Å². The number of fused-ring (bicyclic) bond motifs is 1. The maximum absolute atomic E-state index is 13.2. The van der Waals surface area contributed by atoms with Gasteiger partial charge in [0.2, 0.25) is 5.91 Å². The molecule has 1 N–H and O–H groups in total. The largest absolute Gasteiger partial charge is 0.460 e. The third kappa shape index (κ3) is 3.24. The molecule has 2 atom stereocenters. The molecule has 4 rings (SSSR count). The van der Waals surface area contributed by atoms with Gasteiger partial charge >= 0.3 is 0 Å². The molecule has 0 unspecified atom stereocenters. The number of hydrogen-bond donors (Lipinski definition) is 1. The number of aryl methyl sites for hydroxylation is 1. The second kappa shape index (κ2) is 7.02. The van der Waals surface area contributed by atoms with Gasteiger partial charge in [-0.15, -0.1) is 0 Å². The molecule has 5 heteroatoms. The normalized spacial score (nSPS) is 22.6. The van der Waals surface area contributed by atoms with Crippen molar-refractivity contribution in [3.63, 3.8) is 0 Å². The summed E-state index contributed by atoms with van der Waals surface area (Å²) in [6.07, 6.45) is 3.50. The topological polar surface area (TPSA) is 62.6 Å². The second-order valence-electron chi connectivity index (χ2n) is 8.16. The molecule has 1 saturated heterocycles.